The Morgan fingerprint density at radius 2 is 2.40 bits per heavy atom. The predicted octanol–water partition coefficient (Wildman–Crippen LogP) is 2.19. The molecule has 2 aromatic heterocycles. The summed E-state index contributed by atoms with van der Waals surface area (Å²) in [6.07, 6.45) is 1.63. The minimum absolute atomic E-state index is 0.220. The lowest BCUT2D eigenvalue weighted by molar-refractivity contribution is 0.970. The van der Waals surface area contributed by atoms with Crippen LogP contribution >= 0.6 is 27.7 Å². The summed E-state index contributed by atoms with van der Waals surface area (Å²) in [5.41, 5.74) is 0.497. The number of hydrogen-bond acceptors (Lipinski definition) is 4. The van der Waals surface area contributed by atoms with Crippen molar-refractivity contribution < 1.29 is 0 Å². The van der Waals surface area contributed by atoms with E-state index in [0.29, 0.717) is 20.7 Å². The summed E-state index contributed by atoms with van der Waals surface area (Å²) in [6, 6.07) is 1.67. The fraction of sp³-hybridized carbons (Fsp3) is 0.222. The molecule has 0 bridgehead atoms. The van der Waals surface area contributed by atoms with Gasteiger partial charge >= 0.3 is 0 Å². The molecule has 0 aliphatic carbocycles. The molecule has 0 unspecified atom stereocenters. The van der Waals surface area contributed by atoms with E-state index >= 15 is 0 Å². The van der Waals surface area contributed by atoms with Crippen LogP contribution in [0.4, 0.5) is 0 Å². The van der Waals surface area contributed by atoms with Crippen molar-refractivity contribution in [2.45, 2.75) is 12.1 Å². The van der Waals surface area contributed by atoms with Crippen molar-refractivity contribution in [1.29, 1.82) is 0 Å². The van der Waals surface area contributed by atoms with Crippen LogP contribution in [0.3, 0.4) is 0 Å². The van der Waals surface area contributed by atoms with Gasteiger partial charge in [0.2, 0.25) is 0 Å². The zero-order valence-corrected chi connectivity index (χ0v) is 10.4. The molecular weight excluding hydrogens is 278 g/mol. The second kappa shape index (κ2) is 4.32. The number of aromatic nitrogens is 3. The summed E-state index contributed by atoms with van der Waals surface area (Å²) in [6.45, 7) is 2.01. The highest BCUT2D eigenvalue weighted by Gasteiger charge is 2.04. The molecule has 0 saturated heterocycles. The van der Waals surface area contributed by atoms with Gasteiger partial charge in [0.25, 0.3) is 5.56 Å². The van der Waals surface area contributed by atoms with E-state index in [1.54, 1.807) is 12.3 Å². The molecular formula is C9H8BrN3OS. The first kappa shape index (κ1) is 10.6. The first-order valence-corrected chi connectivity index (χ1v) is 6.17. The molecule has 2 heterocycles. The van der Waals surface area contributed by atoms with Crippen molar-refractivity contribution in [2.75, 3.05) is 5.75 Å². The number of aromatic amines is 1. The summed E-state index contributed by atoms with van der Waals surface area (Å²) in [7, 11) is 0. The third kappa shape index (κ3) is 2.21. The van der Waals surface area contributed by atoms with Gasteiger partial charge in [0, 0.05) is 0 Å². The zero-order chi connectivity index (χ0) is 10.8. The van der Waals surface area contributed by atoms with Gasteiger partial charge in [-0.1, -0.05) is 18.7 Å². The SMILES string of the molecule is CCSc1nc(=O)c2cc(Br)ncc2[nH]1. The molecule has 15 heavy (non-hydrogen) atoms. The van der Waals surface area contributed by atoms with Crippen molar-refractivity contribution in [3.63, 3.8) is 0 Å². The molecule has 0 atom stereocenters. The first-order valence-electron chi connectivity index (χ1n) is 4.39. The van der Waals surface area contributed by atoms with E-state index in [9.17, 15) is 4.79 Å². The lowest BCUT2D eigenvalue weighted by Crippen LogP contribution is -2.09. The molecule has 0 amide bonds. The number of pyridine rings is 1. The number of nitrogens with zero attached hydrogens (tertiary/aromatic N) is 2. The fourth-order valence-corrected chi connectivity index (χ4v) is 2.14. The van der Waals surface area contributed by atoms with Gasteiger partial charge in [-0.05, 0) is 27.7 Å². The van der Waals surface area contributed by atoms with Crippen LogP contribution in [0.5, 0.6) is 0 Å². The van der Waals surface area contributed by atoms with Crippen molar-refractivity contribution in [3.8, 4) is 0 Å². The Balaban J connectivity index is 2.67. The third-order valence-electron chi connectivity index (χ3n) is 1.83. The van der Waals surface area contributed by atoms with E-state index in [4.69, 9.17) is 0 Å². The topological polar surface area (TPSA) is 58.6 Å². The number of fused-ring (bicyclic) bond motifs is 1. The molecule has 0 spiro atoms. The van der Waals surface area contributed by atoms with Crippen molar-refractivity contribution in [1.82, 2.24) is 15.0 Å². The Kier molecular flexibility index (Phi) is 3.06. The second-order valence-electron chi connectivity index (χ2n) is 2.83. The minimum Gasteiger partial charge on any atom is -0.333 e. The van der Waals surface area contributed by atoms with Crippen LogP contribution < -0.4 is 5.56 Å². The molecule has 78 valence electrons. The van der Waals surface area contributed by atoms with Crippen LogP contribution in [0.15, 0.2) is 26.8 Å². The molecule has 0 aliphatic heterocycles. The Labute approximate surface area is 98.7 Å². The molecule has 0 saturated carbocycles. The zero-order valence-electron chi connectivity index (χ0n) is 7.95. The summed E-state index contributed by atoms with van der Waals surface area (Å²) in [5, 5.41) is 1.19. The summed E-state index contributed by atoms with van der Waals surface area (Å²) < 4.78 is 0.637. The molecule has 6 heteroatoms. The van der Waals surface area contributed by atoms with Gasteiger partial charge < -0.3 is 4.98 Å². The molecule has 1 N–H and O–H groups in total. The summed E-state index contributed by atoms with van der Waals surface area (Å²) in [5.74, 6) is 0.873. The van der Waals surface area contributed by atoms with Gasteiger partial charge in [0.15, 0.2) is 5.16 Å². The maximum absolute atomic E-state index is 11.6. The van der Waals surface area contributed by atoms with Crippen LogP contribution in [0.25, 0.3) is 10.9 Å². The van der Waals surface area contributed by atoms with Crippen LogP contribution in [0, 0.1) is 0 Å². The highest BCUT2D eigenvalue weighted by Crippen LogP contribution is 2.15. The Morgan fingerprint density at radius 3 is 3.13 bits per heavy atom. The summed E-state index contributed by atoms with van der Waals surface area (Å²) in [4.78, 5) is 22.7. The number of thioether (sulfide) groups is 1. The lowest BCUT2D eigenvalue weighted by atomic mass is 10.3. The average molecular weight is 286 g/mol. The molecule has 0 fully saturated rings. The van der Waals surface area contributed by atoms with Gasteiger partial charge in [-0.3, -0.25) is 4.79 Å². The lowest BCUT2D eigenvalue weighted by Gasteiger charge is -2.00. The number of rotatable bonds is 2. The normalized spacial score (nSPS) is 10.8. The quantitative estimate of drug-likeness (QED) is 0.522. The van der Waals surface area contributed by atoms with Gasteiger partial charge in [-0.2, -0.15) is 4.98 Å². The maximum Gasteiger partial charge on any atom is 0.281 e. The number of nitrogens with one attached hydrogen (secondary N) is 1. The molecule has 4 nitrogen and oxygen atoms in total. The Morgan fingerprint density at radius 1 is 1.60 bits per heavy atom. The van der Waals surface area contributed by atoms with E-state index < -0.39 is 0 Å². The second-order valence-corrected chi connectivity index (χ2v) is 4.90. The Hall–Kier alpha value is -0.880. The van der Waals surface area contributed by atoms with Gasteiger partial charge in [-0.15, -0.1) is 0 Å². The van der Waals surface area contributed by atoms with Crippen molar-refractivity contribution in [2.24, 2.45) is 0 Å². The van der Waals surface area contributed by atoms with Gasteiger partial charge in [0.05, 0.1) is 17.1 Å². The van der Waals surface area contributed by atoms with Crippen LogP contribution in [-0.2, 0) is 0 Å². The first-order chi connectivity index (χ1) is 7.20. The molecule has 2 rings (SSSR count). The maximum atomic E-state index is 11.6. The third-order valence-corrected chi connectivity index (χ3v) is 3.02. The largest absolute Gasteiger partial charge is 0.333 e. The molecule has 2 aromatic rings. The van der Waals surface area contributed by atoms with Gasteiger partial charge in [-0.25, -0.2) is 4.98 Å². The average Bonchev–Trinajstić information content (AvgIpc) is 2.20. The Bertz CT molecular complexity index is 555. The van der Waals surface area contributed by atoms with Gasteiger partial charge in [0.1, 0.15) is 4.60 Å². The number of halogens is 1. The van der Waals surface area contributed by atoms with Crippen LogP contribution in [0.1, 0.15) is 6.92 Å². The molecule has 0 aromatic carbocycles. The van der Waals surface area contributed by atoms with Crippen LogP contribution in [0.2, 0.25) is 0 Å². The standard InChI is InChI=1S/C9H8BrN3OS/c1-2-15-9-12-6-4-11-7(10)3-5(6)8(14)13-9/h3-4H,2H2,1H3,(H,12,13,14). The molecule has 0 radical (unpaired) electrons. The smallest absolute Gasteiger partial charge is 0.281 e. The highest BCUT2D eigenvalue weighted by atomic mass is 79.9. The van der Waals surface area contributed by atoms with Crippen molar-refractivity contribution in [3.05, 3.63) is 27.2 Å². The van der Waals surface area contributed by atoms with E-state index in [1.165, 1.54) is 11.8 Å². The van der Waals surface area contributed by atoms with E-state index in [-0.39, 0.29) is 5.56 Å². The predicted molar refractivity (Wildman–Crippen MR) is 64.3 cm³/mol. The van der Waals surface area contributed by atoms with Crippen LogP contribution in [-0.4, -0.2) is 20.7 Å². The van der Waals surface area contributed by atoms with E-state index in [0.717, 1.165) is 5.75 Å². The summed E-state index contributed by atoms with van der Waals surface area (Å²) >= 11 is 4.72. The highest BCUT2D eigenvalue weighted by molar-refractivity contribution is 9.10. The van der Waals surface area contributed by atoms with Crippen molar-refractivity contribution >= 4 is 38.6 Å². The fourth-order valence-electron chi connectivity index (χ4n) is 1.21. The number of hydrogen-bond donors (Lipinski definition) is 1. The van der Waals surface area contributed by atoms with E-state index in [2.05, 4.69) is 30.9 Å². The number of H-pyrrole nitrogens is 1. The molecule has 0 aliphatic rings. The minimum atomic E-state index is -0.220. The van der Waals surface area contributed by atoms with E-state index in [1.807, 2.05) is 6.92 Å². The monoisotopic (exact) mass is 285 g/mol.